The van der Waals surface area contributed by atoms with Gasteiger partial charge in [0.25, 0.3) is 5.56 Å². The Labute approximate surface area is 244 Å². The summed E-state index contributed by atoms with van der Waals surface area (Å²) >= 11 is 0. The van der Waals surface area contributed by atoms with Gasteiger partial charge in [-0.05, 0) is 60.9 Å². The second-order valence-corrected chi connectivity index (χ2v) is 12.3. The SMILES string of the molecule is COc1ccc(OP(=O)(O)OC[C@H]2C[C@@H](n3cnc4c(=O)[nH]c(N)nc43)[C@H]2COP(=O)(O)Oc2ccc(OC)cc2)cc1. The lowest BCUT2D eigenvalue weighted by atomic mass is 9.70. The van der Waals surface area contributed by atoms with Gasteiger partial charge in [-0.2, -0.15) is 4.98 Å². The third-order valence-electron chi connectivity index (χ3n) is 6.89. The molecule has 2 aromatic carbocycles. The normalized spacial score (nSPS) is 20.9. The van der Waals surface area contributed by atoms with Crippen molar-refractivity contribution < 1.29 is 46.5 Å². The molecule has 230 valence electrons. The lowest BCUT2D eigenvalue weighted by Crippen LogP contribution is -2.43. The van der Waals surface area contributed by atoms with Crippen LogP contribution in [-0.4, -0.2) is 56.7 Å². The van der Waals surface area contributed by atoms with Gasteiger partial charge in [-0.3, -0.25) is 28.6 Å². The molecule has 2 heterocycles. The van der Waals surface area contributed by atoms with Crippen molar-refractivity contribution >= 4 is 32.8 Å². The molecule has 0 radical (unpaired) electrons. The number of benzene rings is 2. The molecule has 1 saturated carbocycles. The summed E-state index contributed by atoms with van der Waals surface area (Å²) in [5, 5.41) is 0. The Hall–Kier alpha value is -3.91. The van der Waals surface area contributed by atoms with Crippen LogP contribution >= 0.6 is 15.6 Å². The van der Waals surface area contributed by atoms with Crippen LogP contribution in [0.15, 0.2) is 59.7 Å². The van der Waals surface area contributed by atoms with Gasteiger partial charge in [-0.25, -0.2) is 14.1 Å². The van der Waals surface area contributed by atoms with E-state index in [-0.39, 0.29) is 41.8 Å². The fraction of sp³-hybridized carbons (Fsp3) is 0.320. The molecule has 16 nitrogen and oxygen atoms in total. The van der Waals surface area contributed by atoms with Crippen molar-refractivity contribution in [1.82, 2.24) is 19.5 Å². The van der Waals surface area contributed by atoms with E-state index in [1.54, 1.807) is 28.8 Å². The minimum absolute atomic E-state index is 0.0528. The third-order valence-corrected chi connectivity index (χ3v) is 8.73. The molecule has 1 aliphatic carbocycles. The molecule has 5 rings (SSSR count). The fourth-order valence-corrected chi connectivity index (χ4v) is 6.31. The Bertz CT molecular complexity index is 1730. The van der Waals surface area contributed by atoms with Gasteiger partial charge in [0.15, 0.2) is 11.2 Å². The number of anilines is 1. The number of phosphoric acid groups is 2. The number of aromatic nitrogens is 4. The number of nitrogens with zero attached hydrogens (tertiary/aromatic N) is 3. The predicted molar refractivity (Wildman–Crippen MR) is 152 cm³/mol. The number of nitrogen functional groups attached to an aromatic ring is 1. The first-order valence-electron chi connectivity index (χ1n) is 12.8. The molecule has 1 fully saturated rings. The monoisotopic (exact) mass is 637 g/mol. The maximum atomic E-state index is 12.8. The van der Waals surface area contributed by atoms with Crippen LogP contribution in [-0.2, 0) is 18.2 Å². The first-order chi connectivity index (χ1) is 20.5. The maximum absolute atomic E-state index is 12.8. The van der Waals surface area contributed by atoms with E-state index in [2.05, 4.69) is 15.0 Å². The summed E-state index contributed by atoms with van der Waals surface area (Å²) < 4.78 is 58.1. The first kappa shape index (κ1) is 30.5. The summed E-state index contributed by atoms with van der Waals surface area (Å²) in [5.74, 6) is 0.104. The van der Waals surface area contributed by atoms with Gasteiger partial charge in [0.2, 0.25) is 5.95 Å². The van der Waals surface area contributed by atoms with Crippen LogP contribution in [0.25, 0.3) is 11.2 Å². The summed E-state index contributed by atoms with van der Waals surface area (Å²) in [5.41, 5.74) is 5.46. The highest BCUT2D eigenvalue weighted by Gasteiger charge is 2.46. The Morgan fingerprint density at radius 2 is 1.42 bits per heavy atom. The topological polar surface area (TPSA) is 220 Å². The van der Waals surface area contributed by atoms with Crippen LogP contribution < -0.4 is 29.8 Å². The number of imidazole rings is 1. The first-order valence-corrected chi connectivity index (χ1v) is 15.8. The number of rotatable bonds is 13. The van der Waals surface area contributed by atoms with Crippen molar-refractivity contribution in [2.75, 3.05) is 33.2 Å². The zero-order valence-electron chi connectivity index (χ0n) is 22.9. The van der Waals surface area contributed by atoms with Gasteiger partial charge < -0.3 is 28.8 Å². The fourth-order valence-electron chi connectivity index (χ4n) is 4.68. The molecular formula is C25H29N5O11P2. The zero-order valence-corrected chi connectivity index (χ0v) is 24.7. The predicted octanol–water partition coefficient (Wildman–Crippen LogP) is 3.29. The number of ether oxygens (including phenoxy) is 2. The molecule has 1 aliphatic rings. The highest BCUT2D eigenvalue weighted by molar-refractivity contribution is 7.48. The summed E-state index contributed by atoms with van der Waals surface area (Å²) in [6.45, 7) is -0.581. The summed E-state index contributed by atoms with van der Waals surface area (Å²) in [4.78, 5) is 43.7. The van der Waals surface area contributed by atoms with Crippen molar-refractivity contribution in [3.63, 3.8) is 0 Å². The largest absolute Gasteiger partial charge is 0.527 e. The van der Waals surface area contributed by atoms with E-state index >= 15 is 0 Å². The van der Waals surface area contributed by atoms with Crippen molar-refractivity contribution in [3.8, 4) is 23.0 Å². The number of nitrogens with one attached hydrogen (secondary N) is 1. The van der Waals surface area contributed by atoms with E-state index in [9.17, 15) is 23.7 Å². The Balaban J connectivity index is 1.31. The van der Waals surface area contributed by atoms with Crippen LogP contribution in [0.5, 0.6) is 23.0 Å². The molecule has 2 unspecified atom stereocenters. The minimum atomic E-state index is -4.61. The number of H-pyrrole nitrogens is 1. The van der Waals surface area contributed by atoms with Crippen LogP contribution in [0.3, 0.4) is 0 Å². The van der Waals surface area contributed by atoms with E-state index in [0.717, 1.165) is 0 Å². The number of nitrogens with two attached hydrogens (primary N) is 1. The van der Waals surface area contributed by atoms with Crippen LogP contribution in [0, 0.1) is 11.8 Å². The average Bonchev–Trinajstić information content (AvgIpc) is 3.36. The average molecular weight is 637 g/mol. The Kier molecular flexibility index (Phi) is 8.79. The summed E-state index contributed by atoms with van der Waals surface area (Å²) in [6, 6.07) is 11.6. The van der Waals surface area contributed by atoms with Crippen LogP contribution in [0.4, 0.5) is 5.95 Å². The van der Waals surface area contributed by atoms with E-state index < -0.39 is 39.1 Å². The molecule has 43 heavy (non-hydrogen) atoms. The number of phosphoric ester groups is 2. The third kappa shape index (κ3) is 7.19. The van der Waals surface area contributed by atoms with E-state index in [4.69, 9.17) is 33.3 Å². The Morgan fingerprint density at radius 1 is 0.907 bits per heavy atom. The molecule has 18 heteroatoms. The number of hydrogen-bond donors (Lipinski definition) is 4. The van der Waals surface area contributed by atoms with Gasteiger partial charge in [0.1, 0.15) is 23.0 Å². The second-order valence-electron chi connectivity index (χ2n) is 9.56. The molecule has 0 spiro atoms. The molecule has 0 saturated heterocycles. The van der Waals surface area contributed by atoms with Gasteiger partial charge in [0.05, 0.1) is 33.8 Å². The lowest BCUT2D eigenvalue weighted by Gasteiger charge is -2.45. The molecule has 2 aromatic heterocycles. The lowest BCUT2D eigenvalue weighted by molar-refractivity contribution is -0.00444. The van der Waals surface area contributed by atoms with Crippen molar-refractivity contribution in [3.05, 3.63) is 65.2 Å². The molecule has 0 bridgehead atoms. The number of hydrogen-bond acceptors (Lipinski definition) is 12. The number of aromatic amines is 1. The molecule has 4 aromatic rings. The standard InChI is InChI=1S/C25H29N5O11P2/c1-36-16-3-7-18(8-4-16)40-42(32,33)38-12-15-11-21(30-14-27-22-23(30)28-25(26)29-24(22)31)20(15)13-39-43(34,35)41-19-9-5-17(37-2)6-10-19/h3-10,14-15,20-21H,11-13H2,1-2H3,(H,32,33)(H,34,35)(H3,26,28,29,31)/t15-,20+,21-/m1/s1. The van der Waals surface area contributed by atoms with E-state index in [1.165, 1.54) is 44.8 Å². The van der Waals surface area contributed by atoms with Gasteiger partial charge in [0, 0.05) is 12.0 Å². The smallest absolute Gasteiger partial charge is 0.497 e. The molecular weight excluding hydrogens is 608 g/mol. The molecule has 5 N–H and O–H groups in total. The van der Waals surface area contributed by atoms with Gasteiger partial charge in [-0.15, -0.1) is 0 Å². The van der Waals surface area contributed by atoms with Crippen LogP contribution in [0.1, 0.15) is 12.5 Å². The molecule has 5 atom stereocenters. The molecule has 0 amide bonds. The summed E-state index contributed by atoms with van der Waals surface area (Å²) in [6.07, 6.45) is 1.75. The number of methoxy groups -OCH3 is 2. The number of fused-ring (bicyclic) bond motifs is 1. The zero-order chi connectivity index (χ0) is 30.8. The highest BCUT2D eigenvalue weighted by atomic mass is 31.2. The quantitative estimate of drug-likeness (QED) is 0.155. The van der Waals surface area contributed by atoms with E-state index in [1.807, 2.05) is 0 Å². The maximum Gasteiger partial charge on any atom is 0.527 e. The Morgan fingerprint density at radius 3 is 1.95 bits per heavy atom. The van der Waals surface area contributed by atoms with Crippen molar-refractivity contribution in [2.24, 2.45) is 11.8 Å². The second kappa shape index (κ2) is 12.4. The van der Waals surface area contributed by atoms with Crippen molar-refractivity contribution in [2.45, 2.75) is 12.5 Å². The minimum Gasteiger partial charge on any atom is -0.497 e. The summed E-state index contributed by atoms with van der Waals surface area (Å²) in [7, 11) is -6.19. The van der Waals surface area contributed by atoms with Crippen LogP contribution in [0.2, 0.25) is 0 Å². The van der Waals surface area contributed by atoms with Gasteiger partial charge >= 0.3 is 15.6 Å². The van der Waals surface area contributed by atoms with Crippen molar-refractivity contribution in [1.29, 1.82) is 0 Å². The van der Waals surface area contributed by atoms with Gasteiger partial charge in [-0.1, -0.05) is 0 Å². The van der Waals surface area contributed by atoms with E-state index in [0.29, 0.717) is 17.9 Å². The molecule has 0 aliphatic heterocycles. The highest BCUT2D eigenvalue weighted by Crippen LogP contribution is 2.52.